The molecule has 4 aromatic rings. The van der Waals surface area contributed by atoms with Crippen molar-refractivity contribution in [2.75, 3.05) is 18.9 Å². The quantitative estimate of drug-likeness (QED) is 0.118. The summed E-state index contributed by atoms with van der Waals surface area (Å²) < 4.78 is 49.7. The third kappa shape index (κ3) is 12.3. The number of aliphatic carboxylic acids is 1. The Hall–Kier alpha value is -5.39. The van der Waals surface area contributed by atoms with E-state index in [4.69, 9.17) is 20.3 Å². The third-order valence-corrected chi connectivity index (χ3v) is 10.4. The highest BCUT2D eigenvalue weighted by Gasteiger charge is 2.32. The zero-order valence-corrected chi connectivity index (χ0v) is 31.2. The van der Waals surface area contributed by atoms with E-state index in [1.54, 1.807) is 0 Å². The van der Waals surface area contributed by atoms with Crippen molar-refractivity contribution in [1.29, 1.82) is 0 Å². The highest BCUT2D eigenvalue weighted by Crippen LogP contribution is 2.39. The molecular formula is C48H58F3NO7. The van der Waals surface area contributed by atoms with Crippen LogP contribution in [0.2, 0.25) is 0 Å². The second-order valence-corrected chi connectivity index (χ2v) is 14.6. The van der Waals surface area contributed by atoms with Crippen LogP contribution in [0.1, 0.15) is 98.0 Å². The third-order valence-electron chi connectivity index (χ3n) is 10.4. The standard InChI is InChI=1S/C23H21F3O3.C12H12O3.C10H13NO.3CH4/c24-23(25,26)17-5-7-20-16(8-9-29-22(20)12-17)11-19(28)10-15-3-1-2-14-4-6-18(27)13-21(14)15;1-8-2-3-10-9(7-12(13)14)4-5-15-11(10)6-8;11-10-3-1-2-7-4-5-8(12)6-9(7)10;;;/h1-3,5,7,11-12,18,27H,4,6,8-10,13H2;2-3,6-7H,4-5H2,1H3,(H,13,14);1-3,8,12H,4-6,11H2;3*1H4/b16-11+;9-7+;;;;/t18-;;8-;;;/m1.1.../s1. The lowest BCUT2D eigenvalue weighted by atomic mass is 9.85. The predicted octanol–water partition coefficient (Wildman–Crippen LogP) is 9.80. The number of carbonyl (C=O) groups is 2. The number of rotatable bonds is 4. The normalized spacial score (nSPS) is 18.6. The second-order valence-electron chi connectivity index (χ2n) is 14.6. The Morgan fingerprint density at radius 3 is 1.90 bits per heavy atom. The lowest BCUT2D eigenvalue weighted by Crippen LogP contribution is -2.20. The molecule has 318 valence electrons. The van der Waals surface area contributed by atoms with Crippen LogP contribution in [0.3, 0.4) is 0 Å². The number of aryl methyl sites for hydroxylation is 3. The maximum Gasteiger partial charge on any atom is 0.416 e. The molecule has 0 saturated carbocycles. The Morgan fingerprint density at radius 1 is 0.746 bits per heavy atom. The minimum Gasteiger partial charge on any atom is -0.493 e. The van der Waals surface area contributed by atoms with Crippen molar-refractivity contribution in [3.63, 3.8) is 0 Å². The van der Waals surface area contributed by atoms with E-state index in [0.717, 1.165) is 89.1 Å². The molecule has 59 heavy (non-hydrogen) atoms. The minimum absolute atomic E-state index is 0. The fourth-order valence-electron chi connectivity index (χ4n) is 7.60. The largest absolute Gasteiger partial charge is 0.493 e. The second kappa shape index (κ2) is 21.0. The van der Waals surface area contributed by atoms with Crippen LogP contribution in [-0.2, 0) is 47.9 Å². The van der Waals surface area contributed by atoms with E-state index >= 15 is 0 Å². The Labute approximate surface area is 346 Å². The summed E-state index contributed by atoms with van der Waals surface area (Å²) in [4.78, 5) is 23.4. The number of anilines is 1. The molecule has 4 aliphatic rings. The van der Waals surface area contributed by atoms with Crippen molar-refractivity contribution in [3.8, 4) is 11.5 Å². The van der Waals surface area contributed by atoms with Crippen LogP contribution in [0.25, 0.3) is 11.1 Å². The number of alkyl halides is 3. The molecule has 2 atom stereocenters. The first-order chi connectivity index (χ1) is 26.7. The van der Waals surface area contributed by atoms with Crippen molar-refractivity contribution in [3.05, 3.63) is 135 Å². The van der Waals surface area contributed by atoms with Gasteiger partial charge in [0.25, 0.3) is 0 Å². The Kier molecular flexibility index (Phi) is 17.1. The molecule has 0 aromatic heterocycles. The van der Waals surface area contributed by atoms with E-state index in [1.807, 2.05) is 55.5 Å². The number of ether oxygens (including phenoxy) is 2. The molecule has 0 amide bonds. The van der Waals surface area contributed by atoms with E-state index in [-0.39, 0.29) is 59.0 Å². The average Bonchev–Trinajstić information content (AvgIpc) is 3.15. The lowest BCUT2D eigenvalue weighted by Gasteiger charge is -2.23. The molecule has 0 fully saturated rings. The highest BCUT2D eigenvalue weighted by atomic mass is 19.4. The summed E-state index contributed by atoms with van der Waals surface area (Å²) in [5, 5.41) is 28.1. The summed E-state index contributed by atoms with van der Waals surface area (Å²) in [6.45, 7) is 2.77. The Morgan fingerprint density at radius 2 is 1.29 bits per heavy atom. The van der Waals surface area contributed by atoms with Gasteiger partial charge in [-0.2, -0.15) is 13.2 Å². The van der Waals surface area contributed by atoms with Gasteiger partial charge < -0.3 is 30.5 Å². The lowest BCUT2D eigenvalue weighted by molar-refractivity contribution is -0.137. The number of carbonyl (C=O) groups excluding carboxylic acids is 1. The maximum absolute atomic E-state index is 12.9. The SMILES string of the molecule is C.C.C.Cc1ccc2c(c1)OCC/C2=C\C(=O)O.Nc1cccc2c1C[C@H](O)CC2.O=C(/C=C1\CCOc2cc(C(F)(F)F)ccc21)Cc1cccc2c1C[C@H](O)CC2. The molecule has 0 unspecified atom stereocenters. The van der Waals surface area contributed by atoms with Gasteiger partial charge in [-0.3, -0.25) is 4.79 Å². The van der Waals surface area contributed by atoms with Crippen LogP contribution >= 0.6 is 0 Å². The van der Waals surface area contributed by atoms with E-state index in [2.05, 4.69) is 6.07 Å². The van der Waals surface area contributed by atoms with E-state index in [0.29, 0.717) is 37.0 Å². The predicted molar refractivity (Wildman–Crippen MR) is 229 cm³/mol. The molecule has 5 N–H and O–H groups in total. The fourth-order valence-corrected chi connectivity index (χ4v) is 7.60. The van der Waals surface area contributed by atoms with Crippen molar-refractivity contribution < 1.29 is 47.6 Å². The molecule has 0 saturated heterocycles. The first kappa shape index (κ1) is 48.0. The van der Waals surface area contributed by atoms with E-state index in [9.17, 15) is 33.0 Å². The Balaban J connectivity index is 0.000000260. The topological polar surface area (TPSA) is 139 Å². The maximum atomic E-state index is 12.9. The molecule has 0 radical (unpaired) electrons. The van der Waals surface area contributed by atoms with Gasteiger partial charge in [0.15, 0.2) is 5.78 Å². The first-order valence-corrected chi connectivity index (χ1v) is 18.8. The number of halogens is 3. The number of nitrogen functional groups attached to an aromatic ring is 1. The molecule has 0 spiro atoms. The number of carboxylic acids is 1. The van der Waals surface area contributed by atoms with Crippen molar-refractivity contribution in [2.24, 2.45) is 0 Å². The molecule has 2 aliphatic carbocycles. The number of allylic oxidation sites excluding steroid dienone is 1. The van der Waals surface area contributed by atoms with Gasteiger partial charge in [-0.1, -0.05) is 70.8 Å². The van der Waals surface area contributed by atoms with Gasteiger partial charge in [-0.15, -0.1) is 0 Å². The molecule has 11 heteroatoms. The van der Waals surface area contributed by atoms with E-state index < -0.39 is 17.7 Å². The molecule has 2 aliphatic heterocycles. The molecule has 0 bridgehead atoms. The average molecular weight is 818 g/mol. The smallest absolute Gasteiger partial charge is 0.416 e. The van der Waals surface area contributed by atoms with Crippen molar-refractivity contribution in [2.45, 2.75) is 105 Å². The van der Waals surface area contributed by atoms with Gasteiger partial charge in [0.1, 0.15) is 11.5 Å². The zero-order chi connectivity index (χ0) is 40.0. The summed E-state index contributed by atoms with van der Waals surface area (Å²) in [6.07, 6.45) is 3.72. The zero-order valence-electron chi connectivity index (χ0n) is 31.2. The number of ketones is 1. The number of carboxylic acid groups (broad SMARTS) is 1. The molecule has 4 aromatic carbocycles. The molecular weight excluding hydrogens is 760 g/mol. The van der Waals surface area contributed by atoms with Gasteiger partial charge >= 0.3 is 12.1 Å². The summed E-state index contributed by atoms with van der Waals surface area (Å²) in [6, 6.07) is 21.0. The number of hydrogen-bond donors (Lipinski definition) is 4. The van der Waals surface area contributed by atoms with Crippen molar-refractivity contribution in [1.82, 2.24) is 0 Å². The first-order valence-electron chi connectivity index (χ1n) is 18.8. The molecule has 2 heterocycles. The summed E-state index contributed by atoms with van der Waals surface area (Å²) in [5.41, 5.74) is 15.5. The van der Waals surface area contributed by atoms with Crippen LogP contribution in [0, 0.1) is 6.92 Å². The highest BCUT2D eigenvalue weighted by molar-refractivity contribution is 5.99. The number of fused-ring (bicyclic) bond motifs is 4. The molecule has 8 rings (SSSR count). The van der Waals surface area contributed by atoms with Crippen LogP contribution < -0.4 is 15.2 Å². The number of benzene rings is 4. The van der Waals surface area contributed by atoms with Gasteiger partial charge in [0.05, 0.1) is 31.0 Å². The van der Waals surface area contributed by atoms with Crippen LogP contribution in [0.4, 0.5) is 18.9 Å². The van der Waals surface area contributed by atoms with Crippen LogP contribution in [0.15, 0.2) is 84.9 Å². The van der Waals surface area contributed by atoms with Gasteiger partial charge in [-0.25, -0.2) is 4.79 Å². The summed E-state index contributed by atoms with van der Waals surface area (Å²) in [5.74, 6) is -0.0706. The summed E-state index contributed by atoms with van der Waals surface area (Å²) >= 11 is 0. The van der Waals surface area contributed by atoms with Crippen LogP contribution in [0.5, 0.6) is 11.5 Å². The van der Waals surface area contributed by atoms with Crippen molar-refractivity contribution >= 4 is 28.6 Å². The van der Waals surface area contributed by atoms with E-state index in [1.165, 1.54) is 29.3 Å². The summed E-state index contributed by atoms with van der Waals surface area (Å²) in [7, 11) is 0. The number of hydrogen-bond acceptors (Lipinski definition) is 7. The van der Waals surface area contributed by atoms with Gasteiger partial charge in [-0.05, 0) is 114 Å². The minimum atomic E-state index is -4.44. The number of nitrogens with two attached hydrogens (primary N) is 1. The monoisotopic (exact) mass is 817 g/mol. The number of aliphatic hydroxyl groups excluding tert-OH is 2. The van der Waals surface area contributed by atoms with Gasteiger partial charge in [0, 0.05) is 48.6 Å². The molecule has 8 nitrogen and oxygen atoms in total. The number of aliphatic hydroxyl groups is 2. The van der Waals surface area contributed by atoms with Gasteiger partial charge in [0.2, 0.25) is 0 Å². The Bertz CT molecular complexity index is 2160. The van der Waals surface area contributed by atoms with Crippen LogP contribution in [-0.4, -0.2) is 52.5 Å². The fraction of sp³-hybridized carbons (Fsp3) is 0.375.